The third-order valence-corrected chi connectivity index (χ3v) is 3.92. The fraction of sp³-hybridized carbons (Fsp3) is 0.143. The number of anilines is 1. The molecule has 0 aliphatic carbocycles. The first-order chi connectivity index (χ1) is 9.99. The minimum atomic E-state index is -1.26. The van der Waals surface area contributed by atoms with Gasteiger partial charge in [0.25, 0.3) is 0 Å². The summed E-state index contributed by atoms with van der Waals surface area (Å²) in [6, 6.07) is 5.58. The predicted molar refractivity (Wildman–Crippen MR) is 80.0 cm³/mol. The second-order valence-corrected chi connectivity index (χ2v) is 5.34. The first-order valence-corrected chi connectivity index (χ1v) is 7.00. The highest BCUT2D eigenvalue weighted by atomic mass is 32.1. The summed E-state index contributed by atoms with van der Waals surface area (Å²) in [5.74, 6) is -1.72. The highest BCUT2D eigenvalue weighted by molar-refractivity contribution is 7.10. The largest absolute Gasteiger partial charge is 0.505 e. The fourth-order valence-corrected chi connectivity index (χ4v) is 2.58. The molecule has 21 heavy (non-hydrogen) atoms. The third kappa shape index (κ3) is 3.51. The molecular weight excluding hydrogens is 292 g/mol. The van der Waals surface area contributed by atoms with Crippen LogP contribution in [0, 0.1) is 6.92 Å². The smallest absolute Gasteiger partial charge is 0.339 e. The molecule has 6 nitrogen and oxygen atoms in total. The van der Waals surface area contributed by atoms with Crippen molar-refractivity contribution in [3.05, 3.63) is 45.6 Å². The average molecular weight is 306 g/mol. The number of carbonyl (C=O) groups is 2. The van der Waals surface area contributed by atoms with E-state index in [0.717, 1.165) is 10.4 Å². The van der Waals surface area contributed by atoms with Crippen LogP contribution in [-0.2, 0) is 6.54 Å². The number of hydrogen-bond acceptors (Lipinski definition) is 4. The molecule has 0 fully saturated rings. The summed E-state index contributed by atoms with van der Waals surface area (Å²) in [6.45, 7) is 2.32. The Labute approximate surface area is 125 Å². The number of rotatable bonds is 4. The molecule has 0 saturated heterocycles. The second kappa shape index (κ2) is 6.27. The summed E-state index contributed by atoms with van der Waals surface area (Å²) in [4.78, 5) is 23.7. The molecule has 1 heterocycles. The van der Waals surface area contributed by atoms with E-state index in [-0.39, 0.29) is 11.3 Å². The van der Waals surface area contributed by atoms with Crippen LogP contribution in [0.5, 0.6) is 5.75 Å². The Balaban J connectivity index is 2.01. The average Bonchev–Trinajstić information content (AvgIpc) is 2.84. The van der Waals surface area contributed by atoms with Gasteiger partial charge in [-0.15, -0.1) is 11.3 Å². The molecule has 0 unspecified atom stereocenters. The highest BCUT2D eigenvalue weighted by Gasteiger charge is 2.14. The molecule has 1 aromatic carbocycles. The molecule has 0 radical (unpaired) electrons. The molecule has 4 N–H and O–H groups in total. The molecule has 0 aliphatic heterocycles. The number of hydrogen-bond donors (Lipinski definition) is 4. The molecule has 110 valence electrons. The van der Waals surface area contributed by atoms with E-state index in [2.05, 4.69) is 10.6 Å². The van der Waals surface area contributed by atoms with Crippen molar-refractivity contribution < 1.29 is 19.8 Å². The highest BCUT2D eigenvalue weighted by Crippen LogP contribution is 2.27. The maximum absolute atomic E-state index is 11.8. The van der Waals surface area contributed by atoms with E-state index in [9.17, 15) is 14.7 Å². The minimum Gasteiger partial charge on any atom is -0.505 e. The van der Waals surface area contributed by atoms with Gasteiger partial charge in [0.1, 0.15) is 5.56 Å². The molecule has 0 aliphatic rings. The molecule has 2 aromatic rings. The Bertz CT molecular complexity index is 681. The van der Waals surface area contributed by atoms with Gasteiger partial charge >= 0.3 is 12.0 Å². The summed E-state index contributed by atoms with van der Waals surface area (Å²) >= 11 is 1.54. The number of urea groups is 1. The molecule has 0 saturated carbocycles. The summed E-state index contributed by atoms with van der Waals surface area (Å²) in [7, 11) is 0. The third-order valence-electron chi connectivity index (χ3n) is 2.89. The Morgan fingerprint density at radius 1 is 1.29 bits per heavy atom. The number of nitrogens with one attached hydrogen (secondary N) is 2. The monoisotopic (exact) mass is 306 g/mol. The number of carboxylic acids is 1. The van der Waals surface area contributed by atoms with Gasteiger partial charge in [0.2, 0.25) is 0 Å². The van der Waals surface area contributed by atoms with E-state index in [4.69, 9.17) is 5.11 Å². The number of aromatic hydroxyl groups is 1. The summed E-state index contributed by atoms with van der Waals surface area (Å²) in [5.41, 5.74) is 0.883. The minimum absolute atomic E-state index is 0.0512. The number of para-hydroxylation sites is 1. The van der Waals surface area contributed by atoms with Crippen molar-refractivity contribution in [1.82, 2.24) is 5.32 Å². The number of amides is 2. The lowest BCUT2D eigenvalue weighted by Gasteiger charge is -2.10. The molecular formula is C14H14N2O4S. The van der Waals surface area contributed by atoms with Crippen molar-refractivity contribution >= 4 is 29.0 Å². The van der Waals surface area contributed by atoms with Gasteiger partial charge in [0, 0.05) is 4.88 Å². The lowest BCUT2D eigenvalue weighted by atomic mass is 10.1. The first kappa shape index (κ1) is 14.9. The van der Waals surface area contributed by atoms with Crippen LogP contribution in [0.3, 0.4) is 0 Å². The molecule has 0 spiro atoms. The van der Waals surface area contributed by atoms with Crippen molar-refractivity contribution in [3.63, 3.8) is 0 Å². The zero-order valence-corrected chi connectivity index (χ0v) is 12.0. The number of benzene rings is 1. The van der Waals surface area contributed by atoms with Crippen LogP contribution in [-0.4, -0.2) is 22.2 Å². The van der Waals surface area contributed by atoms with Crippen LogP contribution in [0.1, 0.15) is 20.8 Å². The Morgan fingerprint density at radius 2 is 2.05 bits per heavy atom. The van der Waals surface area contributed by atoms with E-state index in [1.807, 2.05) is 18.4 Å². The van der Waals surface area contributed by atoms with Crippen molar-refractivity contribution in [2.45, 2.75) is 13.5 Å². The van der Waals surface area contributed by atoms with Gasteiger partial charge in [-0.25, -0.2) is 9.59 Å². The van der Waals surface area contributed by atoms with Crippen LogP contribution in [0.15, 0.2) is 29.6 Å². The maximum Gasteiger partial charge on any atom is 0.339 e. The summed E-state index contributed by atoms with van der Waals surface area (Å²) in [5, 5.41) is 25.7. The van der Waals surface area contributed by atoms with E-state index < -0.39 is 17.7 Å². The molecule has 2 rings (SSSR count). The number of thiophene rings is 1. The molecule has 1 aromatic heterocycles. The Morgan fingerprint density at radius 3 is 2.67 bits per heavy atom. The maximum atomic E-state index is 11.8. The van der Waals surface area contributed by atoms with Gasteiger partial charge in [-0.1, -0.05) is 6.07 Å². The molecule has 2 amide bonds. The van der Waals surface area contributed by atoms with Crippen LogP contribution >= 0.6 is 11.3 Å². The van der Waals surface area contributed by atoms with Crippen molar-refractivity contribution in [2.75, 3.05) is 5.32 Å². The van der Waals surface area contributed by atoms with Gasteiger partial charge in [-0.05, 0) is 36.1 Å². The lowest BCUT2D eigenvalue weighted by molar-refractivity contribution is 0.0693. The first-order valence-electron chi connectivity index (χ1n) is 6.12. The number of phenols is 1. The van der Waals surface area contributed by atoms with Gasteiger partial charge in [0.05, 0.1) is 12.2 Å². The van der Waals surface area contributed by atoms with Gasteiger partial charge in [0.15, 0.2) is 5.75 Å². The van der Waals surface area contributed by atoms with Gasteiger partial charge < -0.3 is 20.8 Å². The van der Waals surface area contributed by atoms with Crippen molar-refractivity contribution in [3.8, 4) is 5.75 Å². The number of aromatic carboxylic acids is 1. The van der Waals surface area contributed by atoms with Crippen LogP contribution in [0.4, 0.5) is 10.5 Å². The van der Waals surface area contributed by atoms with E-state index in [1.165, 1.54) is 29.5 Å². The second-order valence-electron chi connectivity index (χ2n) is 4.34. The van der Waals surface area contributed by atoms with Crippen molar-refractivity contribution in [2.24, 2.45) is 0 Å². The van der Waals surface area contributed by atoms with E-state index in [0.29, 0.717) is 6.54 Å². The fourth-order valence-electron chi connectivity index (χ4n) is 1.73. The molecule has 0 bridgehead atoms. The normalized spacial score (nSPS) is 10.1. The quantitative estimate of drug-likeness (QED) is 0.653. The van der Waals surface area contributed by atoms with Crippen LogP contribution in [0.25, 0.3) is 0 Å². The van der Waals surface area contributed by atoms with Crippen LogP contribution < -0.4 is 10.6 Å². The SMILES string of the molecule is Cc1ccsc1CNC(=O)Nc1cccc(C(=O)O)c1O. The predicted octanol–water partition coefficient (Wildman–Crippen LogP) is 2.78. The number of carbonyl (C=O) groups excluding carboxylic acids is 1. The zero-order chi connectivity index (χ0) is 15.4. The van der Waals surface area contributed by atoms with E-state index in [1.54, 1.807) is 0 Å². The van der Waals surface area contributed by atoms with Crippen molar-refractivity contribution in [1.29, 1.82) is 0 Å². The summed E-state index contributed by atoms with van der Waals surface area (Å²) in [6.07, 6.45) is 0. The topological polar surface area (TPSA) is 98.7 Å². The standard InChI is InChI=1S/C14H14N2O4S/c1-8-5-6-21-11(8)7-15-14(20)16-10-4-2-3-9(12(10)17)13(18)19/h2-6,17H,7H2,1H3,(H,18,19)(H2,15,16,20). The zero-order valence-electron chi connectivity index (χ0n) is 11.2. The molecule has 7 heteroatoms. The summed E-state index contributed by atoms with van der Waals surface area (Å²) < 4.78 is 0. The number of aryl methyl sites for hydroxylation is 1. The van der Waals surface area contributed by atoms with Gasteiger partial charge in [-0.3, -0.25) is 0 Å². The lowest BCUT2D eigenvalue weighted by Crippen LogP contribution is -2.28. The van der Waals surface area contributed by atoms with Gasteiger partial charge in [-0.2, -0.15) is 0 Å². The van der Waals surface area contributed by atoms with E-state index >= 15 is 0 Å². The Hall–Kier alpha value is -2.54. The number of carboxylic acid groups (broad SMARTS) is 1. The Kier molecular flexibility index (Phi) is 4.44. The molecule has 0 atom stereocenters. The van der Waals surface area contributed by atoms with Crippen LogP contribution in [0.2, 0.25) is 0 Å².